The molecule has 6 heteroatoms. The summed E-state index contributed by atoms with van der Waals surface area (Å²) in [6, 6.07) is -0.585. The van der Waals surface area contributed by atoms with E-state index in [1.807, 2.05) is 0 Å². The van der Waals surface area contributed by atoms with E-state index >= 15 is 0 Å². The van der Waals surface area contributed by atoms with Gasteiger partial charge in [-0.05, 0) is 20.1 Å². The highest BCUT2D eigenvalue weighted by molar-refractivity contribution is 8.13. The Kier molecular flexibility index (Phi) is 6.58. The number of ether oxygens (including phenoxy) is 1. The Labute approximate surface area is 87.5 Å². The van der Waals surface area contributed by atoms with Gasteiger partial charge in [0.25, 0.3) is 0 Å². The maximum atomic E-state index is 11.1. The zero-order chi connectivity index (χ0) is 11.0. The second-order valence-corrected chi connectivity index (χ2v) is 3.10. The topological polar surface area (TPSA) is 74.5 Å². The largest absolute Gasteiger partial charge is 0.464 e. The predicted octanol–water partition coefficient (Wildman–Crippen LogP) is 0.728. The molecule has 0 aromatic rings. The van der Waals surface area contributed by atoms with Gasteiger partial charge < -0.3 is 4.74 Å². The van der Waals surface area contributed by atoms with Gasteiger partial charge in [-0.1, -0.05) is 11.8 Å². The molecule has 0 saturated heterocycles. The Morgan fingerprint density at radius 1 is 1.79 bits per heavy atom. The van der Waals surface area contributed by atoms with Crippen molar-refractivity contribution in [3.05, 3.63) is 0 Å². The van der Waals surface area contributed by atoms with Crippen LogP contribution in [-0.2, 0) is 9.53 Å². The minimum atomic E-state index is -0.585. The summed E-state index contributed by atoms with van der Waals surface area (Å²) in [7, 11) is 0. The van der Waals surface area contributed by atoms with E-state index < -0.39 is 12.0 Å². The van der Waals surface area contributed by atoms with Gasteiger partial charge in [-0.15, -0.1) is 0 Å². The number of hydrogen-bond donors (Lipinski definition) is 1. The highest BCUT2D eigenvalue weighted by atomic mass is 32.2. The smallest absolute Gasteiger partial charge is 0.330 e. The van der Waals surface area contributed by atoms with Gasteiger partial charge in [-0.2, -0.15) is 5.26 Å². The average Bonchev–Trinajstić information content (AvgIpc) is 2.17. The monoisotopic (exact) mass is 215 g/mol. The molecule has 0 rings (SSSR count). The van der Waals surface area contributed by atoms with Crippen molar-refractivity contribution in [3.63, 3.8) is 0 Å². The van der Waals surface area contributed by atoms with Crippen LogP contribution in [0.3, 0.4) is 0 Å². The fourth-order valence-corrected chi connectivity index (χ4v) is 1.09. The van der Waals surface area contributed by atoms with Gasteiger partial charge in [0.15, 0.2) is 11.4 Å². The summed E-state index contributed by atoms with van der Waals surface area (Å²) in [4.78, 5) is 15.1. The fourth-order valence-electron chi connectivity index (χ4n) is 0.675. The molecule has 0 aliphatic rings. The molecular weight excluding hydrogens is 202 g/mol. The molecule has 14 heavy (non-hydrogen) atoms. The molecule has 0 aliphatic carbocycles. The van der Waals surface area contributed by atoms with Gasteiger partial charge in [0.1, 0.15) is 6.04 Å². The number of esters is 1. The number of carbonyl (C=O) groups is 1. The van der Waals surface area contributed by atoms with Crippen LogP contribution < -0.4 is 5.32 Å². The van der Waals surface area contributed by atoms with Crippen molar-refractivity contribution >= 4 is 22.9 Å². The van der Waals surface area contributed by atoms with Crippen molar-refractivity contribution in [2.24, 2.45) is 4.99 Å². The van der Waals surface area contributed by atoms with E-state index in [1.165, 1.54) is 11.8 Å². The Morgan fingerprint density at radius 3 is 2.86 bits per heavy atom. The van der Waals surface area contributed by atoms with E-state index in [-0.39, 0.29) is 0 Å². The first kappa shape index (κ1) is 12.8. The third-order valence-electron chi connectivity index (χ3n) is 1.29. The molecule has 0 saturated carbocycles. The van der Waals surface area contributed by atoms with Crippen molar-refractivity contribution in [2.45, 2.75) is 19.9 Å². The third-order valence-corrected chi connectivity index (χ3v) is 1.89. The van der Waals surface area contributed by atoms with E-state index in [4.69, 9.17) is 10.00 Å². The summed E-state index contributed by atoms with van der Waals surface area (Å²) in [5, 5.41) is 11.1. The van der Waals surface area contributed by atoms with Crippen LogP contribution in [0.25, 0.3) is 0 Å². The highest BCUT2D eigenvalue weighted by Gasteiger charge is 2.13. The normalized spacial score (nSPS) is 12.9. The number of aliphatic imine (C=N–C) groups is 1. The zero-order valence-electron chi connectivity index (χ0n) is 8.40. The summed E-state index contributed by atoms with van der Waals surface area (Å²) in [5.41, 5.74) is 0. The number of hydrogen-bond acceptors (Lipinski definition) is 5. The van der Waals surface area contributed by atoms with Gasteiger partial charge >= 0.3 is 5.97 Å². The SMILES string of the molecule is CCOC(=O)C(C)N=C(NC#N)SC. The molecular formula is C8H13N3O2S. The van der Waals surface area contributed by atoms with Gasteiger partial charge in [0.2, 0.25) is 0 Å². The average molecular weight is 215 g/mol. The lowest BCUT2D eigenvalue weighted by Gasteiger charge is -2.07. The highest BCUT2D eigenvalue weighted by Crippen LogP contribution is 2.00. The second kappa shape index (κ2) is 7.21. The molecule has 0 radical (unpaired) electrons. The van der Waals surface area contributed by atoms with Crippen molar-refractivity contribution in [2.75, 3.05) is 12.9 Å². The van der Waals surface area contributed by atoms with Crippen LogP contribution in [-0.4, -0.2) is 30.0 Å². The van der Waals surface area contributed by atoms with Gasteiger partial charge in [-0.3, -0.25) is 5.32 Å². The van der Waals surface area contributed by atoms with Crippen molar-refractivity contribution < 1.29 is 9.53 Å². The Bertz CT molecular complexity index is 260. The summed E-state index contributed by atoms with van der Waals surface area (Å²) in [6.07, 6.45) is 3.51. The quantitative estimate of drug-likeness (QED) is 0.247. The Hall–Kier alpha value is -1.22. The number of amidine groups is 1. The molecule has 0 aromatic heterocycles. The van der Waals surface area contributed by atoms with Crippen LogP contribution in [0.1, 0.15) is 13.8 Å². The van der Waals surface area contributed by atoms with Crippen LogP contribution in [0.5, 0.6) is 0 Å². The minimum absolute atomic E-state index is 0.332. The molecule has 1 N–H and O–H groups in total. The lowest BCUT2D eigenvalue weighted by Crippen LogP contribution is -2.23. The van der Waals surface area contributed by atoms with Crippen molar-refractivity contribution in [1.29, 1.82) is 5.26 Å². The molecule has 0 bridgehead atoms. The number of carbonyl (C=O) groups excluding carboxylic acids is 1. The van der Waals surface area contributed by atoms with Gasteiger partial charge in [-0.25, -0.2) is 9.79 Å². The first-order valence-electron chi connectivity index (χ1n) is 4.09. The second-order valence-electron chi connectivity index (χ2n) is 2.30. The molecule has 0 spiro atoms. The molecule has 5 nitrogen and oxygen atoms in total. The standard InChI is InChI=1S/C8H13N3O2S/c1-4-13-7(12)6(2)11-8(14-3)10-5-9/h6H,4H2,1-3H3,(H,10,11). The van der Waals surface area contributed by atoms with E-state index in [9.17, 15) is 4.79 Å². The Balaban J connectivity index is 4.31. The molecule has 0 aromatic carbocycles. The van der Waals surface area contributed by atoms with E-state index in [0.717, 1.165) is 0 Å². The van der Waals surface area contributed by atoms with Gasteiger partial charge in [0, 0.05) is 0 Å². The molecule has 78 valence electrons. The number of nitrogens with one attached hydrogen (secondary N) is 1. The van der Waals surface area contributed by atoms with Crippen molar-refractivity contribution in [1.82, 2.24) is 5.32 Å². The lowest BCUT2D eigenvalue weighted by atomic mass is 10.4. The van der Waals surface area contributed by atoms with E-state index in [2.05, 4.69) is 10.3 Å². The summed E-state index contributed by atoms with van der Waals surface area (Å²) >= 11 is 1.27. The molecule has 0 fully saturated rings. The van der Waals surface area contributed by atoms with Crippen molar-refractivity contribution in [3.8, 4) is 6.19 Å². The molecule has 0 amide bonds. The molecule has 0 aliphatic heterocycles. The maximum absolute atomic E-state index is 11.1. The Morgan fingerprint density at radius 2 is 2.43 bits per heavy atom. The van der Waals surface area contributed by atoms with Crippen LogP contribution in [0.4, 0.5) is 0 Å². The number of rotatable bonds is 3. The minimum Gasteiger partial charge on any atom is -0.464 e. The number of nitrogens with zero attached hydrogens (tertiary/aromatic N) is 2. The number of thioether (sulfide) groups is 1. The molecule has 1 unspecified atom stereocenters. The number of nitriles is 1. The summed E-state index contributed by atoms with van der Waals surface area (Å²) in [6.45, 7) is 3.68. The van der Waals surface area contributed by atoms with E-state index in [1.54, 1.807) is 26.3 Å². The first-order valence-corrected chi connectivity index (χ1v) is 5.31. The predicted molar refractivity (Wildman–Crippen MR) is 55.8 cm³/mol. The summed E-state index contributed by atoms with van der Waals surface area (Å²) in [5.74, 6) is -0.390. The van der Waals surface area contributed by atoms with Crippen LogP contribution >= 0.6 is 11.8 Å². The van der Waals surface area contributed by atoms with Crippen LogP contribution in [0, 0.1) is 11.5 Å². The molecule has 0 heterocycles. The fraction of sp³-hybridized carbons (Fsp3) is 0.625. The van der Waals surface area contributed by atoms with Crippen LogP contribution in [0.15, 0.2) is 4.99 Å². The lowest BCUT2D eigenvalue weighted by molar-refractivity contribution is -0.144. The first-order chi connectivity index (χ1) is 6.65. The van der Waals surface area contributed by atoms with Crippen LogP contribution in [0.2, 0.25) is 0 Å². The van der Waals surface area contributed by atoms with E-state index in [0.29, 0.717) is 11.8 Å². The zero-order valence-corrected chi connectivity index (χ0v) is 9.22. The molecule has 1 atom stereocenters. The van der Waals surface area contributed by atoms with Gasteiger partial charge in [0.05, 0.1) is 6.61 Å². The summed E-state index contributed by atoms with van der Waals surface area (Å²) < 4.78 is 4.76. The third kappa shape index (κ3) is 4.72. The maximum Gasteiger partial charge on any atom is 0.330 e.